The Hall–Kier alpha value is -0.610. The van der Waals surface area contributed by atoms with E-state index in [0.717, 1.165) is 29.7 Å². The van der Waals surface area contributed by atoms with Gasteiger partial charge < -0.3 is 5.32 Å². The minimum Gasteiger partial charge on any atom is -0.316 e. The van der Waals surface area contributed by atoms with Gasteiger partial charge in [0.2, 0.25) is 0 Å². The van der Waals surface area contributed by atoms with Crippen LogP contribution in [0.2, 0.25) is 0 Å². The van der Waals surface area contributed by atoms with Crippen LogP contribution < -0.4 is 5.32 Å². The largest absolute Gasteiger partial charge is 0.316 e. The van der Waals surface area contributed by atoms with Crippen LogP contribution in [0.25, 0.3) is 5.57 Å². The van der Waals surface area contributed by atoms with Crippen molar-refractivity contribution < 1.29 is 0 Å². The lowest BCUT2D eigenvalue weighted by Crippen LogP contribution is -2.20. The summed E-state index contributed by atoms with van der Waals surface area (Å²) in [6.07, 6.45) is 5.15. The number of halogens is 1. The molecule has 0 radical (unpaired) electrons. The minimum absolute atomic E-state index is 0.714. The SMILES string of the molecule is C/C(=C/CCNCC(C)C)c1c(Br)cnn1C. The van der Waals surface area contributed by atoms with E-state index >= 15 is 0 Å². The van der Waals surface area contributed by atoms with Gasteiger partial charge in [0.15, 0.2) is 0 Å². The zero-order chi connectivity index (χ0) is 12.8. The van der Waals surface area contributed by atoms with Crippen LogP contribution >= 0.6 is 15.9 Å². The lowest BCUT2D eigenvalue weighted by molar-refractivity contribution is 0.557. The summed E-state index contributed by atoms with van der Waals surface area (Å²) in [6, 6.07) is 0. The number of hydrogen-bond acceptors (Lipinski definition) is 2. The van der Waals surface area contributed by atoms with Gasteiger partial charge in [-0.2, -0.15) is 5.10 Å². The van der Waals surface area contributed by atoms with Crippen LogP contribution in [-0.2, 0) is 7.05 Å². The number of hydrogen-bond donors (Lipinski definition) is 1. The molecule has 1 heterocycles. The molecule has 0 fully saturated rings. The van der Waals surface area contributed by atoms with E-state index in [-0.39, 0.29) is 0 Å². The van der Waals surface area contributed by atoms with Gasteiger partial charge in [0.25, 0.3) is 0 Å². The number of rotatable bonds is 6. The lowest BCUT2D eigenvalue weighted by Gasteiger charge is -2.06. The highest BCUT2D eigenvalue weighted by Crippen LogP contribution is 2.23. The molecule has 1 aromatic rings. The zero-order valence-corrected chi connectivity index (χ0v) is 12.7. The third-order valence-electron chi connectivity index (χ3n) is 2.59. The first kappa shape index (κ1) is 14.5. The van der Waals surface area contributed by atoms with E-state index < -0.39 is 0 Å². The van der Waals surface area contributed by atoms with Gasteiger partial charge in [0.1, 0.15) is 0 Å². The molecule has 96 valence electrons. The average Bonchev–Trinajstić information content (AvgIpc) is 2.57. The van der Waals surface area contributed by atoms with Crippen molar-refractivity contribution in [3.05, 3.63) is 22.4 Å². The van der Waals surface area contributed by atoms with E-state index in [1.54, 1.807) is 0 Å². The van der Waals surface area contributed by atoms with Crippen LogP contribution in [0.1, 0.15) is 32.9 Å². The fourth-order valence-electron chi connectivity index (χ4n) is 1.73. The van der Waals surface area contributed by atoms with Crippen LogP contribution in [0.15, 0.2) is 16.7 Å². The molecule has 0 aliphatic carbocycles. The second-order valence-electron chi connectivity index (χ2n) is 4.74. The molecule has 3 nitrogen and oxygen atoms in total. The fraction of sp³-hybridized carbons (Fsp3) is 0.615. The maximum Gasteiger partial charge on any atom is 0.0774 e. The van der Waals surface area contributed by atoms with Crippen LogP contribution in [-0.4, -0.2) is 22.9 Å². The third-order valence-corrected chi connectivity index (χ3v) is 3.17. The average molecular weight is 300 g/mol. The minimum atomic E-state index is 0.714. The molecule has 0 atom stereocenters. The molecule has 0 bridgehead atoms. The standard InChI is InChI=1S/C13H22BrN3/c1-10(2)8-15-7-5-6-11(3)13-12(14)9-16-17(13)4/h6,9-10,15H,5,7-8H2,1-4H3/b11-6-. The maximum absolute atomic E-state index is 4.22. The Morgan fingerprint density at radius 2 is 2.29 bits per heavy atom. The highest BCUT2D eigenvalue weighted by molar-refractivity contribution is 9.10. The van der Waals surface area contributed by atoms with Crippen LogP contribution in [0.5, 0.6) is 0 Å². The van der Waals surface area contributed by atoms with Crippen molar-refractivity contribution >= 4 is 21.5 Å². The molecule has 0 aliphatic rings. The van der Waals surface area contributed by atoms with Gasteiger partial charge >= 0.3 is 0 Å². The smallest absolute Gasteiger partial charge is 0.0774 e. The van der Waals surface area contributed by atoms with Crippen molar-refractivity contribution in [1.29, 1.82) is 0 Å². The van der Waals surface area contributed by atoms with Crippen molar-refractivity contribution in [2.24, 2.45) is 13.0 Å². The molecule has 1 aromatic heterocycles. The van der Waals surface area contributed by atoms with Crippen LogP contribution in [0, 0.1) is 5.92 Å². The monoisotopic (exact) mass is 299 g/mol. The summed E-state index contributed by atoms with van der Waals surface area (Å²) < 4.78 is 2.96. The summed E-state index contributed by atoms with van der Waals surface area (Å²) in [6.45, 7) is 8.69. The van der Waals surface area contributed by atoms with Gasteiger partial charge in [-0.25, -0.2) is 0 Å². The summed E-state index contributed by atoms with van der Waals surface area (Å²) in [7, 11) is 1.97. The Morgan fingerprint density at radius 3 is 2.82 bits per heavy atom. The predicted octanol–water partition coefficient (Wildman–Crippen LogP) is 3.22. The Labute approximate surface area is 112 Å². The van der Waals surface area contributed by atoms with E-state index in [2.05, 4.69) is 53.2 Å². The van der Waals surface area contributed by atoms with Crippen molar-refractivity contribution in [1.82, 2.24) is 15.1 Å². The van der Waals surface area contributed by atoms with E-state index in [9.17, 15) is 0 Å². The van der Waals surface area contributed by atoms with Crippen molar-refractivity contribution in [2.45, 2.75) is 27.2 Å². The van der Waals surface area contributed by atoms with E-state index in [1.165, 1.54) is 5.57 Å². The molecular formula is C13H22BrN3. The first-order valence-corrected chi connectivity index (χ1v) is 6.87. The van der Waals surface area contributed by atoms with Gasteiger partial charge in [-0.1, -0.05) is 19.9 Å². The first-order chi connectivity index (χ1) is 8.02. The van der Waals surface area contributed by atoms with Crippen molar-refractivity contribution in [3.8, 4) is 0 Å². The van der Waals surface area contributed by atoms with Gasteiger partial charge in [-0.05, 0) is 53.9 Å². The molecule has 17 heavy (non-hydrogen) atoms. The topological polar surface area (TPSA) is 29.9 Å². The Kier molecular flexibility index (Phi) is 5.92. The lowest BCUT2D eigenvalue weighted by atomic mass is 10.1. The molecule has 0 amide bonds. The summed E-state index contributed by atoms with van der Waals surface area (Å²) in [5, 5.41) is 7.65. The second-order valence-corrected chi connectivity index (χ2v) is 5.59. The highest BCUT2D eigenvalue weighted by atomic mass is 79.9. The van der Waals surface area contributed by atoms with Crippen LogP contribution in [0.3, 0.4) is 0 Å². The summed E-state index contributed by atoms with van der Waals surface area (Å²) in [4.78, 5) is 0. The highest BCUT2D eigenvalue weighted by Gasteiger charge is 2.06. The summed E-state index contributed by atoms with van der Waals surface area (Å²) in [5.41, 5.74) is 2.43. The summed E-state index contributed by atoms with van der Waals surface area (Å²) >= 11 is 3.52. The Morgan fingerprint density at radius 1 is 1.59 bits per heavy atom. The molecule has 0 spiro atoms. The molecule has 1 rings (SSSR count). The van der Waals surface area contributed by atoms with E-state index in [4.69, 9.17) is 0 Å². The number of aryl methyl sites for hydroxylation is 1. The van der Waals surface area contributed by atoms with Gasteiger partial charge in [-0.3, -0.25) is 4.68 Å². The molecule has 1 N–H and O–H groups in total. The molecule has 4 heteroatoms. The molecule has 0 saturated carbocycles. The number of allylic oxidation sites excluding steroid dienone is 1. The zero-order valence-electron chi connectivity index (χ0n) is 11.1. The van der Waals surface area contributed by atoms with Crippen LogP contribution in [0.4, 0.5) is 0 Å². The quantitative estimate of drug-likeness (QED) is 0.818. The fourth-order valence-corrected chi connectivity index (χ4v) is 2.39. The Balaban J connectivity index is 2.45. The van der Waals surface area contributed by atoms with E-state index in [0.29, 0.717) is 5.92 Å². The van der Waals surface area contributed by atoms with E-state index in [1.807, 2.05) is 17.9 Å². The van der Waals surface area contributed by atoms with Gasteiger partial charge in [-0.15, -0.1) is 0 Å². The Bertz CT molecular complexity index is 361. The molecule has 0 unspecified atom stereocenters. The van der Waals surface area contributed by atoms with Crippen molar-refractivity contribution in [2.75, 3.05) is 13.1 Å². The molecule has 0 aromatic carbocycles. The molecule has 0 aliphatic heterocycles. The van der Waals surface area contributed by atoms with Gasteiger partial charge in [0.05, 0.1) is 16.4 Å². The predicted molar refractivity (Wildman–Crippen MR) is 76.9 cm³/mol. The molecular weight excluding hydrogens is 278 g/mol. The normalized spacial score (nSPS) is 12.5. The summed E-state index contributed by atoms with van der Waals surface area (Å²) in [5.74, 6) is 0.714. The van der Waals surface area contributed by atoms with Crippen molar-refractivity contribution in [3.63, 3.8) is 0 Å². The number of aromatic nitrogens is 2. The third kappa shape index (κ3) is 4.64. The number of nitrogens with zero attached hydrogens (tertiary/aromatic N) is 2. The molecule has 0 saturated heterocycles. The maximum atomic E-state index is 4.22. The first-order valence-electron chi connectivity index (χ1n) is 6.07. The second kappa shape index (κ2) is 6.97. The van der Waals surface area contributed by atoms with Gasteiger partial charge in [0, 0.05) is 7.05 Å². The number of nitrogens with one attached hydrogen (secondary N) is 1.